The van der Waals surface area contributed by atoms with E-state index in [2.05, 4.69) is 10.2 Å². The zero-order valence-electron chi connectivity index (χ0n) is 8.81. The highest BCUT2D eigenvalue weighted by atomic mass is 35.5. The molecule has 0 aliphatic heterocycles. The number of nitrogens with zero attached hydrogens (tertiary/aromatic N) is 2. The molecule has 0 saturated heterocycles. The molecule has 0 aromatic heterocycles. The van der Waals surface area contributed by atoms with Crippen LogP contribution in [0.1, 0.15) is 52.9 Å². The second-order valence-corrected chi connectivity index (χ2v) is 5.55. The average molecular weight is 203 g/mol. The first-order valence-corrected chi connectivity index (χ1v) is 5.42. The van der Waals surface area contributed by atoms with Gasteiger partial charge in [-0.05, 0) is 46.5 Å². The Kier molecular flexibility index (Phi) is 3.33. The van der Waals surface area contributed by atoms with Gasteiger partial charge < -0.3 is 0 Å². The summed E-state index contributed by atoms with van der Waals surface area (Å²) in [4.78, 5) is -0.383. The van der Waals surface area contributed by atoms with E-state index in [1.807, 2.05) is 20.8 Å². The van der Waals surface area contributed by atoms with Crippen molar-refractivity contribution in [2.45, 2.75) is 63.4 Å². The molecule has 76 valence electrons. The Bertz CT molecular complexity index is 188. The van der Waals surface area contributed by atoms with Crippen molar-refractivity contribution < 1.29 is 0 Å². The molecule has 2 nitrogen and oxygen atoms in total. The normalized spacial score (nSPS) is 23.7. The summed E-state index contributed by atoms with van der Waals surface area (Å²) in [7, 11) is 0. The number of hydrogen-bond acceptors (Lipinski definition) is 2. The van der Waals surface area contributed by atoms with Gasteiger partial charge in [0.05, 0.1) is 5.54 Å². The van der Waals surface area contributed by atoms with E-state index in [1.165, 1.54) is 19.3 Å². The van der Waals surface area contributed by atoms with E-state index in [0.717, 1.165) is 12.8 Å². The number of rotatable bonds is 1. The van der Waals surface area contributed by atoms with E-state index < -0.39 is 0 Å². The predicted octanol–water partition coefficient (Wildman–Crippen LogP) is 4.14. The fourth-order valence-corrected chi connectivity index (χ4v) is 1.74. The summed E-state index contributed by atoms with van der Waals surface area (Å²) in [5.41, 5.74) is -0.0979. The summed E-state index contributed by atoms with van der Waals surface area (Å²) < 4.78 is 0. The number of alkyl halides is 1. The van der Waals surface area contributed by atoms with Crippen LogP contribution in [0.2, 0.25) is 0 Å². The van der Waals surface area contributed by atoms with Gasteiger partial charge in [-0.25, -0.2) is 0 Å². The standard InChI is InChI=1S/C10H19ClN2/c1-9(2,3)12-13-10(11)7-5-4-6-8-10/h4-8H2,1-3H3. The van der Waals surface area contributed by atoms with Crippen LogP contribution in [0.4, 0.5) is 0 Å². The smallest absolute Gasteiger partial charge is 0.154 e. The molecule has 1 aliphatic rings. The molecular weight excluding hydrogens is 184 g/mol. The summed E-state index contributed by atoms with van der Waals surface area (Å²) in [5.74, 6) is 0. The minimum atomic E-state index is -0.383. The van der Waals surface area contributed by atoms with Crippen LogP contribution >= 0.6 is 11.6 Å². The van der Waals surface area contributed by atoms with Crippen LogP contribution in [0.15, 0.2) is 10.2 Å². The van der Waals surface area contributed by atoms with Crippen LogP contribution in [-0.2, 0) is 0 Å². The fourth-order valence-electron chi connectivity index (χ4n) is 1.43. The highest BCUT2D eigenvalue weighted by Gasteiger charge is 2.29. The Hall–Kier alpha value is -0.110. The topological polar surface area (TPSA) is 24.7 Å². The Labute approximate surface area is 85.8 Å². The van der Waals surface area contributed by atoms with E-state index in [0.29, 0.717) is 0 Å². The Balaban J connectivity index is 2.55. The molecule has 1 aliphatic carbocycles. The van der Waals surface area contributed by atoms with Crippen molar-refractivity contribution in [1.82, 2.24) is 0 Å². The lowest BCUT2D eigenvalue weighted by molar-refractivity contribution is 0.370. The van der Waals surface area contributed by atoms with E-state index in [1.54, 1.807) is 0 Å². The van der Waals surface area contributed by atoms with Crippen molar-refractivity contribution in [2.24, 2.45) is 10.2 Å². The summed E-state index contributed by atoms with van der Waals surface area (Å²) >= 11 is 6.32. The van der Waals surface area contributed by atoms with Crippen LogP contribution in [-0.4, -0.2) is 10.5 Å². The van der Waals surface area contributed by atoms with Gasteiger partial charge in [0.25, 0.3) is 0 Å². The molecule has 3 heteroatoms. The first kappa shape index (κ1) is 11.0. The van der Waals surface area contributed by atoms with Gasteiger partial charge >= 0.3 is 0 Å². The molecule has 0 bridgehead atoms. The zero-order valence-corrected chi connectivity index (χ0v) is 9.56. The number of hydrogen-bond donors (Lipinski definition) is 0. The molecule has 0 N–H and O–H groups in total. The van der Waals surface area contributed by atoms with E-state index in [4.69, 9.17) is 11.6 Å². The maximum Gasteiger partial charge on any atom is 0.154 e. The molecule has 0 heterocycles. The largest absolute Gasteiger partial charge is 0.187 e. The summed E-state index contributed by atoms with van der Waals surface area (Å²) in [6, 6.07) is 0. The minimum absolute atomic E-state index is 0.0979. The first-order valence-electron chi connectivity index (χ1n) is 5.04. The third-order valence-electron chi connectivity index (χ3n) is 2.15. The first-order chi connectivity index (χ1) is 5.91. The third-order valence-corrected chi connectivity index (χ3v) is 2.60. The van der Waals surface area contributed by atoms with Gasteiger partial charge in [0.15, 0.2) is 5.00 Å². The van der Waals surface area contributed by atoms with Crippen LogP contribution in [0.3, 0.4) is 0 Å². The van der Waals surface area contributed by atoms with Crippen molar-refractivity contribution >= 4 is 11.6 Å². The van der Waals surface area contributed by atoms with Gasteiger partial charge in [-0.2, -0.15) is 10.2 Å². The maximum atomic E-state index is 6.32. The molecule has 0 atom stereocenters. The lowest BCUT2D eigenvalue weighted by atomic mass is 9.95. The third kappa shape index (κ3) is 4.08. The highest BCUT2D eigenvalue weighted by Crippen LogP contribution is 2.36. The summed E-state index contributed by atoms with van der Waals surface area (Å²) in [6.45, 7) is 6.12. The van der Waals surface area contributed by atoms with Gasteiger partial charge in [0.1, 0.15) is 0 Å². The molecule has 1 saturated carbocycles. The van der Waals surface area contributed by atoms with Crippen LogP contribution in [0.5, 0.6) is 0 Å². The van der Waals surface area contributed by atoms with Gasteiger partial charge in [0, 0.05) is 0 Å². The second kappa shape index (κ2) is 3.95. The summed E-state index contributed by atoms with van der Waals surface area (Å²) in [5, 5.41) is 8.52. The van der Waals surface area contributed by atoms with Crippen LogP contribution in [0.25, 0.3) is 0 Å². The molecule has 0 unspecified atom stereocenters. The van der Waals surface area contributed by atoms with Crippen LogP contribution < -0.4 is 0 Å². The monoisotopic (exact) mass is 202 g/mol. The molecule has 0 aromatic rings. The van der Waals surface area contributed by atoms with Gasteiger partial charge in [-0.15, -0.1) is 0 Å². The predicted molar refractivity (Wildman–Crippen MR) is 56.3 cm³/mol. The SMILES string of the molecule is CC(C)(C)N=NC1(Cl)CCCCC1. The Morgan fingerprint density at radius 2 is 1.62 bits per heavy atom. The minimum Gasteiger partial charge on any atom is -0.187 e. The van der Waals surface area contributed by atoms with Gasteiger partial charge in [-0.1, -0.05) is 18.0 Å². The van der Waals surface area contributed by atoms with Crippen molar-refractivity contribution in [3.63, 3.8) is 0 Å². The lowest BCUT2D eigenvalue weighted by Crippen LogP contribution is -2.23. The Morgan fingerprint density at radius 1 is 1.08 bits per heavy atom. The number of halogens is 1. The fraction of sp³-hybridized carbons (Fsp3) is 1.00. The molecule has 1 fully saturated rings. The number of azo groups is 1. The van der Waals surface area contributed by atoms with E-state index in [9.17, 15) is 0 Å². The average Bonchev–Trinajstić information content (AvgIpc) is 2.02. The zero-order chi connectivity index (χ0) is 9.95. The highest BCUT2D eigenvalue weighted by molar-refractivity contribution is 6.23. The van der Waals surface area contributed by atoms with Crippen molar-refractivity contribution in [3.05, 3.63) is 0 Å². The second-order valence-electron chi connectivity index (χ2n) is 4.85. The maximum absolute atomic E-state index is 6.32. The molecule has 0 radical (unpaired) electrons. The molecule has 13 heavy (non-hydrogen) atoms. The van der Waals surface area contributed by atoms with E-state index in [-0.39, 0.29) is 10.5 Å². The van der Waals surface area contributed by atoms with Crippen molar-refractivity contribution in [3.8, 4) is 0 Å². The van der Waals surface area contributed by atoms with Gasteiger partial charge in [-0.3, -0.25) is 0 Å². The van der Waals surface area contributed by atoms with E-state index >= 15 is 0 Å². The van der Waals surface area contributed by atoms with Crippen molar-refractivity contribution in [1.29, 1.82) is 0 Å². The van der Waals surface area contributed by atoms with Crippen LogP contribution in [0, 0.1) is 0 Å². The molecule has 0 amide bonds. The quantitative estimate of drug-likeness (QED) is 0.347. The molecule has 0 aromatic carbocycles. The molecule has 1 rings (SSSR count). The Morgan fingerprint density at radius 3 is 2.08 bits per heavy atom. The van der Waals surface area contributed by atoms with Crippen molar-refractivity contribution in [2.75, 3.05) is 0 Å². The lowest BCUT2D eigenvalue weighted by Gasteiger charge is -2.26. The molecule has 0 spiro atoms. The summed E-state index contributed by atoms with van der Waals surface area (Å²) in [6.07, 6.45) is 5.63. The van der Waals surface area contributed by atoms with Gasteiger partial charge in [0.2, 0.25) is 0 Å². The molecular formula is C10H19ClN2.